The molecule has 1 aromatic heterocycles. The second-order valence-corrected chi connectivity index (χ2v) is 11.5. The average Bonchev–Trinajstić information content (AvgIpc) is 3.08. The van der Waals surface area contributed by atoms with Crippen molar-refractivity contribution in [1.82, 2.24) is 15.0 Å². The molecular weight excluding hydrogens is 522 g/mol. The van der Waals surface area contributed by atoms with Crippen molar-refractivity contribution >= 4 is 27.6 Å². The topological polar surface area (TPSA) is 38.7 Å². The molecule has 3 heteroatoms. The molecule has 1 heterocycles. The van der Waals surface area contributed by atoms with Gasteiger partial charge in [0.15, 0.2) is 11.6 Å². The molecule has 0 bridgehead atoms. The van der Waals surface area contributed by atoms with Crippen LogP contribution in [0.3, 0.4) is 0 Å². The van der Waals surface area contributed by atoms with Crippen molar-refractivity contribution in [3.8, 4) is 33.9 Å². The van der Waals surface area contributed by atoms with E-state index in [1.165, 1.54) is 38.4 Å². The molecule has 204 valence electrons. The van der Waals surface area contributed by atoms with E-state index in [2.05, 4.69) is 153 Å². The summed E-state index contributed by atoms with van der Waals surface area (Å²) in [5.74, 6) is 2.17. The van der Waals surface area contributed by atoms with Crippen molar-refractivity contribution < 1.29 is 0 Å². The Kier molecular flexibility index (Phi) is 5.97. The Morgan fingerprint density at radius 1 is 0.512 bits per heavy atom. The number of benzene rings is 6. The summed E-state index contributed by atoms with van der Waals surface area (Å²) in [6.07, 6.45) is 5.27. The van der Waals surface area contributed by atoms with Crippen LogP contribution in [-0.2, 0) is 5.41 Å². The molecule has 0 N–H and O–H groups in total. The third-order valence-electron chi connectivity index (χ3n) is 8.78. The molecule has 0 spiro atoms. The lowest BCUT2D eigenvalue weighted by Gasteiger charge is -2.32. The van der Waals surface area contributed by atoms with Crippen molar-refractivity contribution in [3.05, 3.63) is 156 Å². The molecule has 1 unspecified atom stereocenters. The molecule has 6 aromatic carbocycles. The number of fused-ring (bicyclic) bond motifs is 3. The van der Waals surface area contributed by atoms with Gasteiger partial charge in [0.2, 0.25) is 0 Å². The summed E-state index contributed by atoms with van der Waals surface area (Å²) in [6, 6.07) is 47.0. The molecule has 0 radical (unpaired) electrons. The molecule has 8 rings (SSSR count). The third kappa shape index (κ3) is 4.33. The fourth-order valence-corrected chi connectivity index (χ4v) is 6.46. The molecule has 0 amide bonds. The van der Waals surface area contributed by atoms with E-state index >= 15 is 0 Å². The highest BCUT2D eigenvalue weighted by Crippen LogP contribution is 2.41. The molecule has 43 heavy (non-hydrogen) atoms. The first-order valence-electron chi connectivity index (χ1n) is 14.8. The summed E-state index contributed by atoms with van der Waals surface area (Å²) in [5.41, 5.74) is 6.44. The van der Waals surface area contributed by atoms with E-state index in [1.807, 2.05) is 0 Å². The van der Waals surface area contributed by atoms with Crippen molar-refractivity contribution in [2.24, 2.45) is 0 Å². The third-order valence-corrected chi connectivity index (χ3v) is 8.78. The normalized spacial score (nSPS) is 15.9. The maximum absolute atomic E-state index is 5.22. The standard InChI is InChI=1S/C40H29N3/c1-40(26-10-16-30-13-4-7-21-36(30)40)39-42-37(41-38(43-39)35-20-9-15-28-12-3-6-18-34(28)35)31-24-22-29(23-25-31)33-19-8-14-27-11-2-5-17-32(27)33/h2-25H,26H2,1H3. The fourth-order valence-electron chi connectivity index (χ4n) is 6.46. The molecule has 0 saturated heterocycles. The lowest BCUT2D eigenvalue weighted by atomic mass is 9.73. The van der Waals surface area contributed by atoms with Gasteiger partial charge in [0, 0.05) is 11.1 Å². The van der Waals surface area contributed by atoms with Gasteiger partial charge in [-0.15, -0.1) is 0 Å². The number of rotatable bonds is 4. The second-order valence-electron chi connectivity index (χ2n) is 11.5. The molecular formula is C40H29N3. The smallest absolute Gasteiger partial charge is 0.164 e. The highest BCUT2D eigenvalue weighted by molar-refractivity contribution is 5.97. The van der Waals surface area contributed by atoms with Gasteiger partial charge in [-0.25, -0.2) is 15.0 Å². The Balaban J connectivity index is 1.31. The van der Waals surface area contributed by atoms with Crippen LogP contribution in [0.4, 0.5) is 0 Å². The van der Waals surface area contributed by atoms with E-state index in [0.29, 0.717) is 11.6 Å². The van der Waals surface area contributed by atoms with Crippen LogP contribution in [0.2, 0.25) is 0 Å². The zero-order valence-electron chi connectivity index (χ0n) is 23.9. The molecule has 0 fully saturated rings. The van der Waals surface area contributed by atoms with Gasteiger partial charge in [-0.1, -0.05) is 146 Å². The minimum absolute atomic E-state index is 0.384. The van der Waals surface area contributed by atoms with E-state index in [9.17, 15) is 0 Å². The van der Waals surface area contributed by atoms with E-state index in [0.717, 1.165) is 28.8 Å². The number of hydrogen-bond donors (Lipinski definition) is 0. The maximum atomic E-state index is 5.22. The van der Waals surface area contributed by atoms with Crippen molar-refractivity contribution in [2.45, 2.75) is 18.8 Å². The maximum Gasteiger partial charge on any atom is 0.164 e. The first kappa shape index (κ1) is 25.3. The average molecular weight is 552 g/mol. The lowest BCUT2D eigenvalue weighted by molar-refractivity contribution is 0.533. The zero-order valence-corrected chi connectivity index (χ0v) is 23.9. The summed E-state index contributed by atoms with van der Waals surface area (Å²) in [6.45, 7) is 2.25. The number of hydrogen-bond acceptors (Lipinski definition) is 3. The highest BCUT2D eigenvalue weighted by Gasteiger charge is 2.35. The highest BCUT2D eigenvalue weighted by atomic mass is 15.0. The molecule has 7 aromatic rings. The van der Waals surface area contributed by atoms with Gasteiger partial charge in [0.1, 0.15) is 5.82 Å². The SMILES string of the molecule is CC1(c2nc(-c3ccc(-c4cccc5ccccc45)cc3)nc(-c3cccc4ccccc34)n2)CC=Cc2ccccc21. The summed E-state index contributed by atoms with van der Waals surface area (Å²) < 4.78 is 0. The van der Waals surface area contributed by atoms with Crippen LogP contribution in [-0.4, -0.2) is 15.0 Å². The van der Waals surface area contributed by atoms with Gasteiger partial charge in [-0.3, -0.25) is 0 Å². The minimum Gasteiger partial charge on any atom is -0.212 e. The first-order chi connectivity index (χ1) is 21.2. The largest absolute Gasteiger partial charge is 0.212 e. The zero-order chi connectivity index (χ0) is 28.8. The fraction of sp³-hybridized carbons (Fsp3) is 0.0750. The number of allylic oxidation sites excluding steroid dienone is 1. The van der Waals surface area contributed by atoms with Crippen LogP contribution in [0, 0.1) is 0 Å². The van der Waals surface area contributed by atoms with Gasteiger partial charge in [0.05, 0.1) is 5.41 Å². The number of nitrogens with zero attached hydrogens (tertiary/aromatic N) is 3. The second kappa shape index (κ2) is 10.1. The van der Waals surface area contributed by atoms with E-state index in [1.54, 1.807) is 0 Å². The molecule has 0 saturated carbocycles. The van der Waals surface area contributed by atoms with Crippen LogP contribution in [0.1, 0.15) is 30.3 Å². The summed E-state index contributed by atoms with van der Waals surface area (Å²) in [4.78, 5) is 15.5. The molecule has 1 aliphatic carbocycles. The molecule has 0 aliphatic heterocycles. The van der Waals surface area contributed by atoms with Gasteiger partial charge in [0.25, 0.3) is 0 Å². The van der Waals surface area contributed by atoms with Crippen LogP contribution in [0.15, 0.2) is 140 Å². The summed E-state index contributed by atoms with van der Waals surface area (Å²) >= 11 is 0. The van der Waals surface area contributed by atoms with Gasteiger partial charge >= 0.3 is 0 Å². The van der Waals surface area contributed by atoms with Crippen LogP contribution in [0.25, 0.3) is 61.5 Å². The summed E-state index contributed by atoms with van der Waals surface area (Å²) in [7, 11) is 0. The quantitative estimate of drug-likeness (QED) is 0.218. The molecule has 3 nitrogen and oxygen atoms in total. The lowest BCUT2D eigenvalue weighted by Crippen LogP contribution is -2.29. The Morgan fingerprint density at radius 2 is 1.09 bits per heavy atom. The Hall–Kier alpha value is -5.41. The number of aromatic nitrogens is 3. The van der Waals surface area contributed by atoms with Crippen molar-refractivity contribution in [2.75, 3.05) is 0 Å². The van der Waals surface area contributed by atoms with Gasteiger partial charge in [-0.2, -0.15) is 0 Å². The van der Waals surface area contributed by atoms with Crippen LogP contribution >= 0.6 is 0 Å². The molecule has 1 atom stereocenters. The Morgan fingerprint density at radius 3 is 1.86 bits per heavy atom. The Bertz CT molecular complexity index is 2170. The predicted octanol–water partition coefficient (Wildman–Crippen LogP) is 9.90. The first-order valence-corrected chi connectivity index (χ1v) is 14.8. The van der Waals surface area contributed by atoms with Crippen molar-refractivity contribution in [3.63, 3.8) is 0 Å². The summed E-state index contributed by atoms with van der Waals surface area (Å²) in [5, 5.41) is 4.78. The van der Waals surface area contributed by atoms with E-state index in [-0.39, 0.29) is 5.41 Å². The van der Waals surface area contributed by atoms with E-state index < -0.39 is 0 Å². The van der Waals surface area contributed by atoms with Gasteiger partial charge < -0.3 is 0 Å². The monoisotopic (exact) mass is 551 g/mol. The van der Waals surface area contributed by atoms with Crippen LogP contribution < -0.4 is 0 Å². The predicted molar refractivity (Wildman–Crippen MR) is 178 cm³/mol. The van der Waals surface area contributed by atoms with Crippen LogP contribution in [0.5, 0.6) is 0 Å². The molecule has 1 aliphatic rings. The van der Waals surface area contributed by atoms with E-state index in [4.69, 9.17) is 15.0 Å². The van der Waals surface area contributed by atoms with Gasteiger partial charge in [-0.05, 0) is 57.1 Å². The minimum atomic E-state index is -0.384. The van der Waals surface area contributed by atoms with Crippen molar-refractivity contribution in [1.29, 1.82) is 0 Å². The Labute approximate surface area is 251 Å².